The Balaban J connectivity index is 2.14. The van der Waals surface area contributed by atoms with Gasteiger partial charge in [-0.05, 0) is 37.5 Å². The topological polar surface area (TPSA) is 30.5 Å². The van der Waals surface area contributed by atoms with Crippen LogP contribution in [0.25, 0.3) is 0 Å². The van der Waals surface area contributed by atoms with Crippen molar-refractivity contribution in [2.24, 2.45) is 0 Å². The molecule has 0 spiro atoms. The number of terminal acetylenes is 1. The van der Waals surface area contributed by atoms with Gasteiger partial charge in [-0.1, -0.05) is 17.5 Å². The second-order valence-corrected chi connectivity index (χ2v) is 4.89. The van der Waals surface area contributed by atoms with Crippen molar-refractivity contribution in [2.75, 3.05) is 13.2 Å². The average Bonchev–Trinajstić information content (AvgIpc) is 3.20. The van der Waals surface area contributed by atoms with E-state index in [0.29, 0.717) is 29.2 Å². The van der Waals surface area contributed by atoms with Crippen LogP contribution in [0.5, 0.6) is 11.5 Å². The highest BCUT2D eigenvalue weighted by Gasteiger charge is 2.20. The fraction of sp³-hybridized carbons (Fsp3) is 0.467. The zero-order valence-electron chi connectivity index (χ0n) is 11.0. The van der Waals surface area contributed by atoms with Crippen LogP contribution < -0.4 is 14.8 Å². The summed E-state index contributed by atoms with van der Waals surface area (Å²) in [6.45, 7) is 3.45. The van der Waals surface area contributed by atoms with Gasteiger partial charge in [-0.2, -0.15) is 0 Å². The zero-order chi connectivity index (χ0) is 13.7. The minimum Gasteiger partial charge on any atom is -0.490 e. The largest absolute Gasteiger partial charge is 0.490 e. The van der Waals surface area contributed by atoms with Gasteiger partial charge in [-0.3, -0.25) is 0 Å². The molecule has 1 aliphatic carbocycles. The molecule has 1 N–H and O–H groups in total. The third kappa shape index (κ3) is 4.05. The quantitative estimate of drug-likeness (QED) is 0.779. The lowest BCUT2D eigenvalue weighted by molar-refractivity contribution is 0.299. The molecule has 0 aromatic heterocycles. The summed E-state index contributed by atoms with van der Waals surface area (Å²) in [5.41, 5.74) is 1.09. The van der Waals surface area contributed by atoms with Gasteiger partial charge in [-0.25, -0.2) is 0 Å². The molecule has 4 heteroatoms. The molecule has 0 heterocycles. The maximum absolute atomic E-state index is 6.24. The van der Waals surface area contributed by atoms with Gasteiger partial charge in [0.25, 0.3) is 0 Å². The van der Waals surface area contributed by atoms with Crippen molar-refractivity contribution in [3.63, 3.8) is 0 Å². The summed E-state index contributed by atoms with van der Waals surface area (Å²) in [5.74, 6) is 3.60. The summed E-state index contributed by atoms with van der Waals surface area (Å²) < 4.78 is 11.0. The lowest BCUT2D eigenvalue weighted by atomic mass is 10.2. The average molecular weight is 280 g/mol. The Morgan fingerprint density at radius 2 is 2.21 bits per heavy atom. The van der Waals surface area contributed by atoms with E-state index in [9.17, 15) is 0 Å². The van der Waals surface area contributed by atoms with Crippen molar-refractivity contribution >= 4 is 11.6 Å². The molecule has 0 saturated heterocycles. The standard InChI is InChI=1S/C15H18ClNO2/c1-3-7-19-15-13(16)8-11(9-14(15)18-4-2)10-17-12-5-6-12/h1,8-9,12,17H,4-7,10H2,2H3. The Bertz CT molecular complexity index is 478. The van der Waals surface area contributed by atoms with Crippen LogP contribution in [0.15, 0.2) is 12.1 Å². The summed E-state index contributed by atoms with van der Waals surface area (Å²) in [7, 11) is 0. The van der Waals surface area contributed by atoms with Gasteiger partial charge in [0.1, 0.15) is 6.61 Å². The molecule has 0 amide bonds. The van der Waals surface area contributed by atoms with Crippen molar-refractivity contribution in [3.05, 3.63) is 22.7 Å². The van der Waals surface area contributed by atoms with E-state index >= 15 is 0 Å². The molecular formula is C15H18ClNO2. The van der Waals surface area contributed by atoms with Crippen LogP contribution in [0.3, 0.4) is 0 Å². The van der Waals surface area contributed by atoms with Crippen LogP contribution in [0.4, 0.5) is 0 Å². The number of nitrogens with one attached hydrogen (secondary N) is 1. The highest BCUT2D eigenvalue weighted by Crippen LogP contribution is 2.36. The van der Waals surface area contributed by atoms with Gasteiger partial charge in [0.05, 0.1) is 11.6 Å². The number of benzene rings is 1. The molecule has 0 aliphatic heterocycles. The fourth-order valence-corrected chi connectivity index (χ4v) is 2.08. The first kappa shape index (κ1) is 14.0. The van der Waals surface area contributed by atoms with Gasteiger partial charge < -0.3 is 14.8 Å². The number of halogens is 1. The first-order valence-corrected chi connectivity index (χ1v) is 6.87. The second kappa shape index (κ2) is 6.70. The van der Waals surface area contributed by atoms with E-state index < -0.39 is 0 Å². The minimum atomic E-state index is 0.180. The van der Waals surface area contributed by atoms with Crippen LogP contribution in [0, 0.1) is 12.3 Å². The molecular weight excluding hydrogens is 262 g/mol. The van der Waals surface area contributed by atoms with E-state index in [4.69, 9.17) is 27.5 Å². The van der Waals surface area contributed by atoms with Crippen molar-refractivity contribution in [2.45, 2.75) is 32.4 Å². The Labute approximate surface area is 119 Å². The molecule has 19 heavy (non-hydrogen) atoms. The molecule has 0 bridgehead atoms. The third-order valence-electron chi connectivity index (χ3n) is 2.84. The number of ether oxygens (including phenoxy) is 2. The van der Waals surface area contributed by atoms with Crippen molar-refractivity contribution < 1.29 is 9.47 Å². The molecule has 1 fully saturated rings. The number of rotatable bonds is 7. The summed E-state index contributed by atoms with van der Waals surface area (Å²) in [6, 6.07) is 4.51. The third-order valence-corrected chi connectivity index (χ3v) is 3.12. The summed E-state index contributed by atoms with van der Waals surface area (Å²) in [4.78, 5) is 0. The molecule has 0 radical (unpaired) electrons. The van der Waals surface area contributed by atoms with E-state index in [1.54, 1.807) is 0 Å². The molecule has 0 unspecified atom stereocenters. The van der Waals surface area contributed by atoms with Crippen molar-refractivity contribution in [3.8, 4) is 23.8 Å². The van der Waals surface area contributed by atoms with Gasteiger partial charge in [0, 0.05) is 12.6 Å². The van der Waals surface area contributed by atoms with Crippen LogP contribution >= 0.6 is 11.6 Å². The van der Waals surface area contributed by atoms with Gasteiger partial charge in [0.2, 0.25) is 0 Å². The van der Waals surface area contributed by atoms with E-state index in [0.717, 1.165) is 12.1 Å². The molecule has 2 rings (SSSR count). The minimum absolute atomic E-state index is 0.180. The van der Waals surface area contributed by atoms with Gasteiger partial charge in [-0.15, -0.1) is 6.42 Å². The molecule has 1 saturated carbocycles. The SMILES string of the molecule is C#CCOc1c(Cl)cc(CNC2CC2)cc1OCC. The first-order valence-electron chi connectivity index (χ1n) is 6.49. The van der Waals surface area contributed by atoms with Gasteiger partial charge >= 0.3 is 0 Å². The molecule has 0 atom stereocenters. The van der Waals surface area contributed by atoms with Gasteiger partial charge in [0.15, 0.2) is 11.5 Å². The Kier molecular flexibility index (Phi) is 4.95. The summed E-state index contributed by atoms with van der Waals surface area (Å²) in [6.07, 6.45) is 7.72. The fourth-order valence-electron chi connectivity index (χ4n) is 1.79. The van der Waals surface area contributed by atoms with Crippen LogP contribution in [-0.4, -0.2) is 19.3 Å². The number of hydrogen-bond acceptors (Lipinski definition) is 3. The predicted octanol–water partition coefficient (Wildman–Crippen LogP) is 3.00. The van der Waals surface area contributed by atoms with E-state index in [-0.39, 0.29) is 6.61 Å². The normalized spacial score (nSPS) is 13.9. The lowest BCUT2D eigenvalue weighted by Crippen LogP contribution is -2.15. The van der Waals surface area contributed by atoms with E-state index in [2.05, 4.69) is 11.2 Å². The monoisotopic (exact) mass is 279 g/mol. The highest BCUT2D eigenvalue weighted by molar-refractivity contribution is 6.32. The Morgan fingerprint density at radius 1 is 1.42 bits per heavy atom. The summed E-state index contributed by atoms with van der Waals surface area (Å²) in [5, 5.41) is 3.98. The second-order valence-electron chi connectivity index (χ2n) is 4.49. The van der Waals surface area contributed by atoms with Crippen molar-refractivity contribution in [1.82, 2.24) is 5.32 Å². The number of hydrogen-bond donors (Lipinski definition) is 1. The highest BCUT2D eigenvalue weighted by atomic mass is 35.5. The zero-order valence-corrected chi connectivity index (χ0v) is 11.8. The van der Waals surface area contributed by atoms with Crippen LogP contribution in [-0.2, 0) is 6.54 Å². The summed E-state index contributed by atoms with van der Waals surface area (Å²) >= 11 is 6.24. The first-order chi connectivity index (χ1) is 9.24. The van der Waals surface area contributed by atoms with Crippen LogP contribution in [0.1, 0.15) is 25.3 Å². The van der Waals surface area contributed by atoms with E-state index in [1.807, 2.05) is 19.1 Å². The molecule has 1 aromatic rings. The Morgan fingerprint density at radius 3 is 2.84 bits per heavy atom. The van der Waals surface area contributed by atoms with Crippen molar-refractivity contribution in [1.29, 1.82) is 0 Å². The van der Waals surface area contributed by atoms with E-state index in [1.165, 1.54) is 12.8 Å². The molecule has 102 valence electrons. The molecule has 3 nitrogen and oxygen atoms in total. The van der Waals surface area contributed by atoms with Crippen LogP contribution in [0.2, 0.25) is 5.02 Å². The maximum atomic E-state index is 6.24. The lowest BCUT2D eigenvalue weighted by Gasteiger charge is -2.14. The molecule has 1 aromatic carbocycles. The smallest absolute Gasteiger partial charge is 0.181 e. The predicted molar refractivity (Wildman–Crippen MR) is 76.8 cm³/mol. The Hall–Kier alpha value is -1.37. The maximum Gasteiger partial charge on any atom is 0.181 e. The molecule has 1 aliphatic rings.